The number of rotatable bonds is 3. The standard InChI is InChI=1S/C8H7F2IN2O2/c9-8(10)3-2-13-4(1-5(14)15)6(11)7(3)12/h2,8H,1H2,(H2,12,13)(H,14,15). The molecule has 0 spiro atoms. The van der Waals surface area contributed by atoms with Crippen LogP contribution in [0.15, 0.2) is 6.20 Å². The SMILES string of the molecule is Nc1c(C(F)F)cnc(CC(=O)O)c1I. The lowest BCUT2D eigenvalue weighted by molar-refractivity contribution is -0.136. The van der Waals surface area contributed by atoms with E-state index in [-0.39, 0.29) is 26.9 Å². The molecule has 4 nitrogen and oxygen atoms in total. The smallest absolute Gasteiger partial charge is 0.309 e. The molecule has 0 fully saturated rings. The lowest BCUT2D eigenvalue weighted by Gasteiger charge is -2.08. The van der Waals surface area contributed by atoms with Crippen molar-refractivity contribution in [2.45, 2.75) is 12.8 Å². The van der Waals surface area contributed by atoms with E-state index in [1.807, 2.05) is 0 Å². The third-order valence-electron chi connectivity index (χ3n) is 1.71. The predicted molar refractivity (Wildman–Crippen MR) is 57.7 cm³/mol. The summed E-state index contributed by atoms with van der Waals surface area (Å²) in [5.41, 5.74) is 5.17. The zero-order valence-corrected chi connectivity index (χ0v) is 9.53. The molecule has 0 atom stereocenters. The van der Waals surface area contributed by atoms with Crippen molar-refractivity contribution in [3.63, 3.8) is 0 Å². The highest BCUT2D eigenvalue weighted by Crippen LogP contribution is 2.29. The van der Waals surface area contributed by atoms with Crippen LogP contribution in [-0.4, -0.2) is 16.1 Å². The maximum atomic E-state index is 12.4. The first kappa shape index (κ1) is 12.1. The maximum absolute atomic E-state index is 12.4. The van der Waals surface area contributed by atoms with Crippen LogP contribution in [0.3, 0.4) is 0 Å². The van der Waals surface area contributed by atoms with Gasteiger partial charge in [-0.15, -0.1) is 0 Å². The van der Waals surface area contributed by atoms with E-state index in [0.717, 1.165) is 6.20 Å². The Labute approximate surface area is 97.6 Å². The van der Waals surface area contributed by atoms with E-state index in [1.54, 1.807) is 22.6 Å². The van der Waals surface area contributed by atoms with Crippen LogP contribution in [0.25, 0.3) is 0 Å². The average molecular weight is 328 g/mol. The lowest BCUT2D eigenvalue weighted by atomic mass is 10.2. The molecule has 0 aliphatic rings. The number of pyridine rings is 1. The Morgan fingerprint density at radius 1 is 1.67 bits per heavy atom. The second kappa shape index (κ2) is 4.69. The highest BCUT2D eigenvalue weighted by Gasteiger charge is 2.17. The minimum Gasteiger partial charge on any atom is -0.481 e. The van der Waals surface area contributed by atoms with Crippen LogP contribution in [0.5, 0.6) is 0 Å². The van der Waals surface area contributed by atoms with E-state index in [4.69, 9.17) is 10.8 Å². The minimum atomic E-state index is -2.70. The van der Waals surface area contributed by atoms with Gasteiger partial charge in [0.05, 0.1) is 26.9 Å². The van der Waals surface area contributed by atoms with Gasteiger partial charge in [-0.2, -0.15) is 0 Å². The summed E-state index contributed by atoms with van der Waals surface area (Å²) in [5.74, 6) is -1.08. The summed E-state index contributed by atoms with van der Waals surface area (Å²) >= 11 is 1.71. The molecule has 0 aliphatic carbocycles. The molecule has 7 heteroatoms. The normalized spacial score (nSPS) is 10.7. The number of aliphatic carboxylic acids is 1. The third-order valence-corrected chi connectivity index (χ3v) is 2.92. The number of hydrogen-bond acceptors (Lipinski definition) is 3. The number of nitrogens with zero attached hydrogens (tertiary/aromatic N) is 1. The summed E-state index contributed by atoms with van der Waals surface area (Å²) in [6.07, 6.45) is -2.11. The summed E-state index contributed by atoms with van der Waals surface area (Å²) in [6.45, 7) is 0. The van der Waals surface area contributed by atoms with Gasteiger partial charge in [-0.3, -0.25) is 9.78 Å². The zero-order valence-electron chi connectivity index (χ0n) is 7.38. The largest absolute Gasteiger partial charge is 0.481 e. The van der Waals surface area contributed by atoms with Crippen LogP contribution in [0.1, 0.15) is 17.7 Å². The molecule has 0 aliphatic heterocycles. The fraction of sp³-hybridized carbons (Fsp3) is 0.250. The van der Waals surface area contributed by atoms with Crippen LogP contribution in [0.2, 0.25) is 0 Å². The Hall–Kier alpha value is -0.990. The molecule has 0 bridgehead atoms. The summed E-state index contributed by atoms with van der Waals surface area (Å²) in [7, 11) is 0. The quantitative estimate of drug-likeness (QED) is 0.830. The van der Waals surface area contributed by atoms with Crippen LogP contribution >= 0.6 is 22.6 Å². The molecule has 0 saturated heterocycles. The molecule has 3 N–H and O–H groups in total. The van der Waals surface area contributed by atoms with Gasteiger partial charge < -0.3 is 10.8 Å². The van der Waals surface area contributed by atoms with Crippen molar-refractivity contribution in [3.8, 4) is 0 Å². The summed E-state index contributed by atoms with van der Waals surface area (Å²) in [4.78, 5) is 14.1. The van der Waals surface area contributed by atoms with E-state index in [9.17, 15) is 13.6 Å². The van der Waals surface area contributed by atoms with Gasteiger partial charge in [0.25, 0.3) is 6.43 Å². The van der Waals surface area contributed by atoms with Gasteiger partial charge in [0, 0.05) is 6.20 Å². The molecular formula is C8H7F2IN2O2. The highest BCUT2D eigenvalue weighted by atomic mass is 127. The first-order valence-electron chi connectivity index (χ1n) is 3.86. The number of halogens is 3. The number of carboxylic acid groups (broad SMARTS) is 1. The van der Waals surface area contributed by atoms with Gasteiger partial charge in [0.15, 0.2) is 0 Å². The summed E-state index contributed by atoms with van der Waals surface area (Å²) < 4.78 is 25.0. The topological polar surface area (TPSA) is 76.2 Å². The Kier molecular flexibility index (Phi) is 3.77. The highest BCUT2D eigenvalue weighted by molar-refractivity contribution is 14.1. The molecule has 1 heterocycles. The zero-order chi connectivity index (χ0) is 11.6. The van der Waals surface area contributed by atoms with Crippen LogP contribution in [-0.2, 0) is 11.2 Å². The number of nitrogen functional groups attached to an aromatic ring is 1. The number of carbonyl (C=O) groups is 1. The fourth-order valence-electron chi connectivity index (χ4n) is 0.996. The molecule has 0 saturated carbocycles. The summed E-state index contributed by atoms with van der Waals surface area (Å²) in [5, 5.41) is 8.53. The molecule has 15 heavy (non-hydrogen) atoms. The van der Waals surface area contributed by atoms with Crippen LogP contribution in [0.4, 0.5) is 14.5 Å². The number of anilines is 1. The van der Waals surface area contributed by atoms with Gasteiger partial charge in [-0.05, 0) is 22.6 Å². The van der Waals surface area contributed by atoms with Crippen LogP contribution < -0.4 is 5.73 Å². The van der Waals surface area contributed by atoms with Gasteiger partial charge in [-0.25, -0.2) is 8.78 Å². The van der Waals surface area contributed by atoms with E-state index in [2.05, 4.69) is 4.98 Å². The van der Waals surface area contributed by atoms with Gasteiger partial charge in [-0.1, -0.05) is 0 Å². The molecule has 1 rings (SSSR count). The monoisotopic (exact) mass is 328 g/mol. The second-order valence-corrected chi connectivity index (χ2v) is 3.84. The Bertz CT molecular complexity index is 398. The first-order valence-corrected chi connectivity index (χ1v) is 4.94. The number of nitrogens with two attached hydrogens (primary N) is 1. The molecule has 0 amide bonds. The Morgan fingerprint density at radius 3 is 2.73 bits per heavy atom. The van der Waals surface area contributed by atoms with Crippen molar-refractivity contribution >= 4 is 34.2 Å². The van der Waals surface area contributed by atoms with Gasteiger partial charge in [0.2, 0.25) is 0 Å². The minimum absolute atomic E-state index is 0.100. The number of alkyl halides is 2. The Balaban J connectivity index is 3.15. The molecule has 0 aromatic carbocycles. The van der Waals surface area contributed by atoms with Crippen LogP contribution in [0, 0.1) is 3.57 Å². The number of aromatic nitrogens is 1. The van der Waals surface area contributed by atoms with E-state index in [0.29, 0.717) is 0 Å². The molecule has 1 aromatic rings. The molecule has 0 unspecified atom stereocenters. The van der Waals surface area contributed by atoms with Crippen molar-refractivity contribution in [2.24, 2.45) is 0 Å². The molecule has 82 valence electrons. The van der Waals surface area contributed by atoms with E-state index in [1.165, 1.54) is 0 Å². The molecular weight excluding hydrogens is 321 g/mol. The lowest BCUT2D eigenvalue weighted by Crippen LogP contribution is -2.08. The average Bonchev–Trinajstić information content (AvgIpc) is 2.12. The fourth-order valence-corrected chi connectivity index (χ4v) is 1.64. The van der Waals surface area contributed by atoms with E-state index >= 15 is 0 Å². The molecule has 1 aromatic heterocycles. The van der Waals surface area contributed by atoms with Crippen molar-refractivity contribution in [2.75, 3.05) is 5.73 Å². The first-order chi connectivity index (χ1) is 6.93. The van der Waals surface area contributed by atoms with Gasteiger partial charge >= 0.3 is 5.97 Å². The number of hydrogen-bond donors (Lipinski definition) is 2. The van der Waals surface area contributed by atoms with Gasteiger partial charge in [0.1, 0.15) is 0 Å². The van der Waals surface area contributed by atoms with Crippen molar-refractivity contribution in [1.82, 2.24) is 4.98 Å². The second-order valence-electron chi connectivity index (χ2n) is 2.76. The van der Waals surface area contributed by atoms with Crippen molar-refractivity contribution in [3.05, 3.63) is 21.0 Å². The van der Waals surface area contributed by atoms with Crippen molar-refractivity contribution in [1.29, 1.82) is 0 Å². The summed E-state index contributed by atoms with van der Waals surface area (Å²) in [6, 6.07) is 0. The Morgan fingerprint density at radius 2 is 2.27 bits per heavy atom. The van der Waals surface area contributed by atoms with E-state index < -0.39 is 12.4 Å². The third kappa shape index (κ3) is 2.74. The number of carboxylic acids is 1. The maximum Gasteiger partial charge on any atom is 0.309 e. The van der Waals surface area contributed by atoms with Crippen molar-refractivity contribution < 1.29 is 18.7 Å². The molecule has 0 radical (unpaired) electrons. The predicted octanol–water partition coefficient (Wildman–Crippen LogP) is 1.83.